The van der Waals surface area contributed by atoms with Crippen molar-refractivity contribution in [2.45, 2.75) is 32.2 Å². The van der Waals surface area contributed by atoms with Crippen molar-refractivity contribution in [3.05, 3.63) is 59.2 Å². The van der Waals surface area contributed by atoms with Crippen molar-refractivity contribution in [1.82, 2.24) is 10.2 Å². The smallest absolute Gasteiger partial charge is 0.251 e. The van der Waals surface area contributed by atoms with Gasteiger partial charge in [-0.3, -0.25) is 9.69 Å². The molecular formula is C23H30N2O3. The molecule has 3 rings (SSSR count). The first-order valence-corrected chi connectivity index (χ1v) is 10.00. The van der Waals surface area contributed by atoms with Crippen molar-refractivity contribution in [1.29, 1.82) is 0 Å². The van der Waals surface area contributed by atoms with E-state index in [1.165, 1.54) is 31.5 Å². The van der Waals surface area contributed by atoms with E-state index in [4.69, 9.17) is 9.47 Å². The Morgan fingerprint density at radius 1 is 0.964 bits per heavy atom. The number of carbonyl (C=O) groups excluding carboxylic acids is 1. The maximum absolute atomic E-state index is 12.3. The van der Waals surface area contributed by atoms with E-state index in [2.05, 4.69) is 22.3 Å². The minimum Gasteiger partial charge on any atom is -0.493 e. The molecule has 1 amide bonds. The van der Waals surface area contributed by atoms with Gasteiger partial charge in [0.25, 0.3) is 5.91 Å². The standard InChI is InChI=1S/C23H30N2O3/c1-27-21-12-9-18(16-22(21)28-2)6-5-13-24-23(26)20-10-7-19(8-11-20)17-25-14-3-4-15-25/h7-12,16H,3-6,13-15,17H2,1-2H3,(H,24,26). The number of nitrogens with zero attached hydrogens (tertiary/aromatic N) is 1. The highest BCUT2D eigenvalue weighted by atomic mass is 16.5. The molecule has 1 saturated heterocycles. The van der Waals surface area contributed by atoms with Crippen molar-refractivity contribution in [2.24, 2.45) is 0 Å². The first kappa shape index (κ1) is 20.2. The minimum absolute atomic E-state index is 0.0139. The highest BCUT2D eigenvalue weighted by Crippen LogP contribution is 2.27. The van der Waals surface area contributed by atoms with Gasteiger partial charge in [0, 0.05) is 18.7 Å². The van der Waals surface area contributed by atoms with Crippen LogP contribution in [-0.4, -0.2) is 44.7 Å². The summed E-state index contributed by atoms with van der Waals surface area (Å²) in [6.07, 6.45) is 4.33. The summed E-state index contributed by atoms with van der Waals surface area (Å²) >= 11 is 0. The van der Waals surface area contributed by atoms with E-state index in [0.717, 1.165) is 42.0 Å². The molecule has 1 N–H and O–H groups in total. The minimum atomic E-state index is -0.0139. The maximum atomic E-state index is 12.3. The molecule has 28 heavy (non-hydrogen) atoms. The molecule has 0 unspecified atom stereocenters. The molecule has 0 aromatic heterocycles. The van der Waals surface area contributed by atoms with Crippen LogP contribution in [0.4, 0.5) is 0 Å². The van der Waals surface area contributed by atoms with Gasteiger partial charge in [-0.2, -0.15) is 0 Å². The zero-order chi connectivity index (χ0) is 19.8. The zero-order valence-electron chi connectivity index (χ0n) is 16.9. The summed E-state index contributed by atoms with van der Waals surface area (Å²) in [5.41, 5.74) is 3.15. The van der Waals surface area contributed by atoms with Gasteiger partial charge >= 0.3 is 0 Å². The Bertz CT molecular complexity index is 768. The fourth-order valence-corrected chi connectivity index (χ4v) is 3.59. The topological polar surface area (TPSA) is 50.8 Å². The molecule has 2 aromatic carbocycles. The van der Waals surface area contributed by atoms with Crippen molar-refractivity contribution >= 4 is 5.91 Å². The largest absolute Gasteiger partial charge is 0.493 e. The number of hydrogen-bond donors (Lipinski definition) is 1. The number of aryl methyl sites for hydroxylation is 1. The second-order valence-corrected chi connectivity index (χ2v) is 7.23. The van der Waals surface area contributed by atoms with Gasteiger partial charge in [-0.25, -0.2) is 0 Å². The Morgan fingerprint density at radius 2 is 1.64 bits per heavy atom. The number of methoxy groups -OCH3 is 2. The quantitative estimate of drug-likeness (QED) is 0.673. The molecule has 1 heterocycles. The van der Waals surface area contributed by atoms with E-state index in [9.17, 15) is 4.79 Å². The zero-order valence-corrected chi connectivity index (χ0v) is 16.9. The van der Waals surface area contributed by atoms with E-state index < -0.39 is 0 Å². The third-order valence-electron chi connectivity index (χ3n) is 5.20. The summed E-state index contributed by atoms with van der Waals surface area (Å²) in [4.78, 5) is 14.8. The average Bonchev–Trinajstić information content (AvgIpc) is 3.24. The number of carbonyl (C=O) groups is 1. The predicted molar refractivity (Wildman–Crippen MR) is 111 cm³/mol. The van der Waals surface area contributed by atoms with E-state index in [1.54, 1.807) is 14.2 Å². The number of benzene rings is 2. The van der Waals surface area contributed by atoms with Crippen LogP contribution in [0.5, 0.6) is 11.5 Å². The summed E-state index contributed by atoms with van der Waals surface area (Å²) in [5, 5.41) is 3.01. The Hall–Kier alpha value is -2.53. The molecule has 0 radical (unpaired) electrons. The molecule has 0 bridgehead atoms. The van der Waals surface area contributed by atoms with Crippen LogP contribution in [0.25, 0.3) is 0 Å². The lowest BCUT2D eigenvalue weighted by molar-refractivity contribution is 0.0953. The van der Waals surface area contributed by atoms with Crippen LogP contribution in [0.3, 0.4) is 0 Å². The van der Waals surface area contributed by atoms with Crippen molar-refractivity contribution in [3.63, 3.8) is 0 Å². The summed E-state index contributed by atoms with van der Waals surface area (Å²) in [7, 11) is 3.27. The van der Waals surface area contributed by atoms with Gasteiger partial charge in [0.15, 0.2) is 11.5 Å². The molecule has 150 valence electrons. The Morgan fingerprint density at radius 3 is 2.32 bits per heavy atom. The lowest BCUT2D eigenvalue weighted by Crippen LogP contribution is -2.25. The second-order valence-electron chi connectivity index (χ2n) is 7.23. The van der Waals surface area contributed by atoms with Crippen LogP contribution in [0.1, 0.15) is 40.7 Å². The molecule has 0 saturated carbocycles. The molecule has 0 aliphatic carbocycles. The van der Waals surface area contributed by atoms with Crippen LogP contribution in [0.2, 0.25) is 0 Å². The van der Waals surface area contributed by atoms with Crippen LogP contribution < -0.4 is 14.8 Å². The van der Waals surface area contributed by atoms with E-state index in [1.807, 2.05) is 30.3 Å². The van der Waals surface area contributed by atoms with E-state index in [0.29, 0.717) is 6.54 Å². The van der Waals surface area contributed by atoms with Crippen molar-refractivity contribution < 1.29 is 14.3 Å². The number of nitrogens with one attached hydrogen (secondary N) is 1. The number of hydrogen-bond acceptors (Lipinski definition) is 4. The maximum Gasteiger partial charge on any atom is 0.251 e. The van der Waals surface area contributed by atoms with Crippen molar-refractivity contribution in [2.75, 3.05) is 33.9 Å². The third-order valence-corrected chi connectivity index (χ3v) is 5.20. The molecule has 1 aliphatic heterocycles. The van der Waals surface area contributed by atoms with Crippen LogP contribution >= 0.6 is 0 Å². The molecular weight excluding hydrogens is 352 g/mol. The molecule has 1 fully saturated rings. The van der Waals surface area contributed by atoms with Crippen molar-refractivity contribution in [3.8, 4) is 11.5 Å². The Balaban J connectivity index is 1.42. The number of likely N-dealkylation sites (tertiary alicyclic amines) is 1. The molecule has 5 heteroatoms. The first-order chi connectivity index (χ1) is 13.7. The monoisotopic (exact) mass is 382 g/mol. The fourth-order valence-electron chi connectivity index (χ4n) is 3.59. The molecule has 2 aromatic rings. The molecule has 1 aliphatic rings. The second kappa shape index (κ2) is 10.1. The highest BCUT2D eigenvalue weighted by Gasteiger charge is 2.12. The fraction of sp³-hybridized carbons (Fsp3) is 0.435. The number of rotatable bonds is 9. The Kier molecular flexibility index (Phi) is 7.31. The van der Waals surface area contributed by atoms with Crippen LogP contribution in [-0.2, 0) is 13.0 Å². The average molecular weight is 383 g/mol. The summed E-state index contributed by atoms with van der Waals surface area (Å²) in [6, 6.07) is 13.9. The summed E-state index contributed by atoms with van der Waals surface area (Å²) in [5.74, 6) is 1.45. The number of ether oxygens (including phenoxy) is 2. The normalized spacial score (nSPS) is 14.1. The van der Waals surface area contributed by atoms with Gasteiger partial charge in [0.2, 0.25) is 0 Å². The van der Waals surface area contributed by atoms with Gasteiger partial charge in [-0.05, 0) is 74.2 Å². The van der Waals surface area contributed by atoms with Crippen LogP contribution in [0, 0.1) is 0 Å². The van der Waals surface area contributed by atoms with Crippen LogP contribution in [0.15, 0.2) is 42.5 Å². The van der Waals surface area contributed by atoms with Gasteiger partial charge in [-0.15, -0.1) is 0 Å². The molecule has 0 spiro atoms. The first-order valence-electron chi connectivity index (χ1n) is 10.00. The number of amides is 1. The van der Waals surface area contributed by atoms with Gasteiger partial charge in [-0.1, -0.05) is 18.2 Å². The molecule has 0 atom stereocenters. The molecule has 5 nitrogen and oxygen atoms in total. The van der Waals surface area contributed by atoms with E-state index in [-0.39, 0.29) is 5.91 Å². The lowest BCUT2D eigenvalue weighted by atomic mass is 10.1. The predicted octanol–water partition coefficient (Wildman–Crippen LogP) is 3.66. The van der Waals surface area contributed by atoms with E-state index >= 15 is 0 Å². The Labute approximate surface area is 167 Å². The lowest BCUT2D eigenvalue weighted by Gasteiger charge is -2.14. The van der Waals surface area contributed by atoms with Gasteiger partial charge in [0.1, 0.15) is 0 Å². The van der Waals surface area contributed by atoms with Gasteiger partial charge in [0.05, 0.1) is 14.2 Å². The summed E-state index contributed by atoms with van der Waals surface area (Å²) in [6.45, 7) is 3.99. The third kappa shape index (κ3) is 5.49. The highest BCUT2D eigenvalue weighted by molar-refractivity contribution is 5.94. The SMILES string of the molecule is COc1ccc(CCCNC(=O)c2ccc(CN3CCCC3)cc2)cc1OC. The summed E-state index contributed by atoms with van der Waals surface area (Å²) < 4.78 is 10.6. The van der Waals surface area contributed by atoms with Gasteiger partial charge < -0.3 is 14.8 Å².